The summed E-state index contributed by atoms with van der Waals surface area (Å²) in [5.74, 6) is 1.43. The normalized spacial score (nSPS) is 11.5. The highest BCUT2D eigenvalue weighted by atomic mass is 16.6. The number of carbonyl (C=O) groups is 2. The van der Waals surface area contributed by atoms with Gasteiger partial charge in [0.25, 0.3) is 0 Å². The van der Waals surface area contributed by atoms with Crippen molar-refractivity contribution in [2.45, 2.75) is 65.4 Å². The molecule has 1 aromatic heterocycles. The number of carbonyl (C=O) groups excluding carboxylic acids is 2. The summed E-state index contributed by atoms with van der Waals surface area (Å²) in [6.07, 6.45) is 1.88. The van der Waals surface area contributed by atoms with E-state index >= 15 is 0 Å². The summed E-state index contributed by atoms with van der Waals surface area (Å²) in [5, 5.41) is 5.60. The fourth-order valence-electron chi connectivity index (χ4n) is 3.40. The lowest BCUT2D eigenvalue weighted by atomic mass is 9.87. The molecule has 1 heterocycles. The summed E-state index contributed by atoms with van der Waals surface area (Å²) in [5.41, 5.74) is 2.37. The van der Waals surface area contributed by atoms with Crippen molar-refractivity contribution >= 4 is 23.5 Å². The molecule has 3 rings (SSSR count). The molecule has 190 valence electrons. The molecule has 7 nitrogen and oxygen atoms in total. The van der Waals surface area contributed by atoms with E-state index in [9.17, 15) is 9.59 Å². The van der Waals surface area contributed by atoms with Gasteiger partial charge in [0.15, 0.2) is 0 Å². The summed E-state index contributed by atoms with van der Waals surface area (Å²) in [7, 11) is 0. The van der Waals surface area contributed by atoms with Crippen LogP contribution in [0.15, 0.2) is 66.9 Å². The number of aryl methyl sites for hydroxylation is 1. The summed E-state index contributed by atoms with van der Waals surface area (Å²) < 4.78 is 11.2. The first-order chi connectivity index (χ1) is 16.9. The zero-order chi connectivity index (χ0) is 26.3. The van der Waals surface area contributed by atoms with Crippen LogP contribution in [0, 0.1) is 0 Å². The van der Waals surface area contributed by atoms with Gasteiger partial charge in [0.2, 0.25) is 5.91 Å². The first-order valence-corrected chi connectivity index (χ1v) is 12.0. The maximum Gasteiger partial charge on any atom is 0.413 e. The first kappa shape index (κ1) is 26.7. The van der Waals surface area contributed by atoms with Crippen LogP contribution in [0.3, 0.4) is 0 Å². The molecule has 0 aliphatic carbocycles. The fourth-order valence-corrected chi connectivity index (χ4v) is 3.40. The molecule has 0 bridgehead atoms. The second kappa shape index (κ2) is 11.2. The van der Waals surface area contributed by atoms with Gasteiger partial charge in [-0.25, -0.2) is 9.78 Å². The van der Waals surface area contributed by atoms with Gasteiger partial charge < -0.3 is 14.8 Å². The molecule has 0 spiro atoms. The van der Waals surface area contributed by atoms with Gasteiger partial charge in [0.05, 0.1) is 0 Å². The van der Waals surface area contributed by atoms with E-state index in [1.807, 2.05) is 42.5 Å². The van der Waals surface area contributed by atoms with Crippen LogP contribution in [0.1, 0.15) is 59.1 Å². The van der Waals surface area contributed by atoms with E-state index in [4.69, 9.17) is 9.47 Å². The minimum absolute atomic E-state index is 0.0164. The van der Waals surface area contributed by atoms with E-state index in [0.717, 1.165) is 11.3 Å². The third-order valence-electron chi connectivity index (χ3n) is 5.15. The molecule has 0 aliphatic heterocycles. The number of amides is 2. The van der Waals surface area contributed by atoms with Crippen molar-refractivity contribution in [3.05, 3.63) is 78.0 Å². The van der Waals surface area contributed by atoms with Crippen LogP contribution in [0.25, 0.3) is 0 Å². The number of hydrogen-bond donors (Lipinski definition) is 2. The standard InChI is InChI=1S/C29H35N3O4/c1-28(2,3)21-10-8-11-22(18-21)31-26(33)14-13-20-9-7-12-23(17-20)35-24-15-16-30-25(19-24)32-27(34)36-29(4,5)6/h7-12,15-19H,13-14H2,1-6H3,(H,31,33)(H,30,32,34). The molecule has 2 N–H and O–H groups in total. The van der Waals surface area contributed by atoms with E-state index in [2.05, 4.69) is 42.5 Å². The van der Waals surface area contributed by atoms with Gasteiger partial charge in [0.1, 0.15) is 22.9 Å². The molecule has 0 fully saturated rings. The Hall–Kier alpha value is -3.87. The lowest BCUT2D eigenvalue weighted by Crippen LogP contribution is -2.27. The second-order valence-electron chi connectivity index (χ2n) is 10.6. The molecule has 3 aromatic rings. The van der Waals surface area contributed by atoms with Gasteiger partial charge in [0, 0.05) is 24.4 Å². The van der Waals surface area contributed by atoms with Crippen molar-refractivity contribution in [3.8, 4) is 11.5 Å². The molecule has 0 aliphatic rings. The topological polar surface area (TPSA) is 89.5 Å². The number of hydrogen-bond acceptors (Lipinski definition) is 5. The third-order valence-corrected chi connectivity index (χ3v) is 5.15. The van der Waals surface area contributed by atoms with Crippen LogP contribution in [-0.2, 0) is 21.4 Å². The molecule has 36 heavy (non-hydrogen) atoms. The molecule has 0 radical (unpaired) electrons. The Morgan fingerprint density at radius 1 is 0.861 bits per heavy atom. The average molecular weight is 490 g/mol. The van der Waals surface area contributed by atoms with Crippen molar-refractivity contribution in [1.82, 2.24) is 4.98 Å². The number of nitrogens with zero attached hydrogens (tertiary/aromatic N) is 1. The summed E-state index contributed by atoms with van der Waals surface area (Å²) >= 11 is 0. The van der Waals surface area contributed by atoms with E-state index in [1.165, 1.54) is 5.56 Å². The van der Waals surface area contributed by atoms with Crippen LogP contribution in [0.5, 0.6) is 11.5 Å². The van der Waals surface area contributed by atoms with Gasteiger partial charge in [-0.1, -0.05) is 45.0 Å². The number of ether oxygens (including phenoxy) is 2. The summed E-state index contributed by atoms with van der Waals surface area (Å²) in [6, 6.07) is 18.9. The Morgan fingerprint density at radius 2 is 1.58 bits per heavy atom. The van der Waals surface area contributed by atoms with E-state index in [1.54, 1.807) is 39.1 Å². The highest BCUT2D eigenvalue weighted by Crippen LogP contribution is 2.26. The predicted molar refractivity (Wildman–Crippen MR) is 143 cm³/mol. The lowest BCUT2D eigenvalue weighted by molar-refractivity contribution is -0.116. The Kier molecular flexibility index (Phi) is 8.35. The minimum Gasteiger partial charge on any atom is -0.457 e. The zero-order valence-electron chi connectivity index (χ0n) is 21.8. The van der Waals surface area contributed by atoms with Crippen LogP contribution in [0.2, 0.25) is 0 Å². The van der Waals surface area contributed by atoms with Gasteiger partial charge in [-0.2, -0.15) is 0 Å². The highest BCUT2D eigenvalue weighted by molar-refractivity contribution is 5.91. The van der Waals surface area contributed by atoms with Crippen LogP contribution in [-0.4, -0.2) is 22.6 Å². The monoisotopic (exact) mass is 489 g/mol. The number of pyridine rings is 1. The van der Waals surface area contributed by atoms with Crippen LogP contribution < -0.4 is 15.4 Å². The largest absolute Gasteiger partial charge is 0.457 e. The second-order valence-corrected chi connectivity index (χ2v) is 10.6. The Bertz CT molecular complexity index is 1210. The maximum atomic E-state index is 12.5. The number of aromatic nitrogens is 1. The van der Waals surface area contributed by atoms with Crippen molar-refractivity contribution in [2.24, 2.45) is 0 Å². The zero-order valence-corrected chi connectivity index (χ0v) is 21.8. The minimum atomic E-state index is -0.605. The van der Waals surface area contributed by atoms with E-state index in [0.29, 0.717) is 30.2 Å². The van der Waals surface area contributed by atoms with Crippen LogP contribution >= 0.6 is 0 Å². The number of benzene rings is 2. The van der Waals surface area contributed by atoms with Crippen molar-refractivity contribution in [1.29, 1.82) is 0 Å². The molecular weight excluding hydrogens is 454 g/mol. The Morgan fingerprint density at radius 3 is 2.31 bits per heavy atom. The Labute approximate surface area is 213 Å². The molecule has 0 saturated heterocycles. The van der Waals surface area contributed by atoms with Crippen LogP contribution in [0.4, 0.5) is 16.3 Å². The highest BCUT2D eigenvalue weighted by Gasteiger charge is 2.17. The van der Waals surface area contributed by atoms with Gasteiger partial charge in [-0.15, -0.1) is 0 Å². The van der Waals surface area contributed by atoms with Crippen molar-refractivity contribution in [3.63, 3.8) is 0 Å². The average Bonchev–Trinajstić information content (AvgIpc) is 2.76. The van der Waals surface area contributed by atoms with E-state index in [-0.39, 0.29) is 11.3 Å². The summed E-state index contributed by atoms with van der Waals surface area (Å²) in [6.45, 7) is 11.8. The third kappa shape index (κ3) is 8.73. The number of nitrogens with one attached hydrogen (secondary N) is 2. The maximum absolute atomic E-state index is 12.5. The Balaban J connectivity index is 1.57. The molecule has 2 aromatic carbocycles. The predicted octanol–water partition coefficient (Wildman–Crippen LogP) is 7.09. The van der Waals surface area contributed by atoms with Gasteiger partial charge >= 0.3 is 6.09 Å². The quantitative estimate of drug-likeness (QED) is 0.370. The van der Waals surface area contributed by atoms with Gasteiger partial charge in [-0.3, -0.25) is 10.1 Å². The van der Waals surface area contributed by atoms with Crippen molar-refractivity contribution < 1.29 is 19.1 Å². The lowest BCUT2D eigenvalue weighted by Gasteiger charge is -2.19. The molecular formula is C29H35N3O4. The first-order valence-electron chi connectivity index (χ1n) is 12.0. The van der Waals surface area contributed by atoms with E-state index < -0.39 is 11.7 Å². The fraction of sp³-hybridized carbons (Fsp3) is 0.345. The van der Waals surface area contributed by atoms with Crippen molar-refractivity contribution in [2.75, 3.05) is 10.6 Å². The molecule has 0 unspecified atom stereocenters. The summed E-state index contributed by atoms with van der Waals surface area (Å²) in [4.78, 5) is 28.7. The number of anilines is 2. The van der Waals surface area contributed by atoms with Gasteiger partial charge in [-0.05, 0) is 74.1 Å². The SMILES string of the molecule is CC(C)(C)OC(=O)Nc1cc(Oc2cccc(CCC(=O)Nc3cccc(C(C)(C)C)c3)c2)ccn1. The molecule has 2 amide bonds. The molecule has 0 atom stereocenters. The smallest absolute Gasteiger partial charge is 0.413 e. The molecule has 7 heteroatoms. The molecule has 0 saturated carbocycles. The number of rotatable bonds is 7.